The number of aryl methyl sites for hydroxylation is 1. The van der Waals surface area contributed by atoms with Crippen molar-refractivity contribution in [3.8, 4) is 0 Å². The molecule has 0 atom stereocenters. The van der Waals surface area contributed by atoms with Crippen molar-refractivity contribution in [3.05, 3.63) is 109 Å². The van der Waals surface area contributed by atoms with Gasteiger partial charge in [-0.15, -0.1) is 0 Å². The van der Waals surface area contributed by atoms with Gasteiger partial charge in [-0.2, -0.15) is 0 Å². The molecule has 35 heavy (non-hydrogen) atoms. The molecule has 0 saturated carbocycles. The van der Waals surface area contributed by atoms with Gasteiger partial charge in [-0.1, -0.05) is 6.07 Å². The first kappa shape index (κ1) is 21.9. The molecule has 0 saturated heterocycles. The number of nitrogens with zero attached hydrogens (tertiary/aromatic N) is 2. The number of nitrogens with two attached hydrogens (primary N) is 1. The molecule has 172 valence electrons. The van der Waals surface area contributed by atoms with E-state index in [1.165, 1.54) is 0 Å². The van der Waals surface area contributed by atoms with Gasteiger partial charge in [0.2, 0.25) is 0 Å². The normalized spacial score (nSPS) is 10.7. The lowest BCUT2D eigenvalue weighted by atomic mass is 10.1. The molecular formula is C28H24N6O. The smallest absolute Gasteiger partial charge is 0.255 e. The van der Waals surface area contributed by atoms with E-state index in [1.807, 2.05) is 85.8 Å². The van der Waals surface area contributed by atoms with Gasteiger partial charge in [0.15, 0.2) is 0 Å². The van der Waals surface area contributed by atoms with Crippen LogP contribution in [0.4, 0.5) is 34.1 Å². The van der Waals surface area contributed by atoms with Crippen molar-refractivity contribution in [3.63, 3.8) is 0 Å². The number of pyridine rings is 2. The number of fused-ring (bicyclic) bond motifs is 1. The predicted molar refractivity (Wildman–Crippen MR) is 143 cm³/mol. The molecule has 0 radical (unpaired) electrons. The molecule has 0 aliphatic rings. The molecule has 0 aliphatic carbocycles. The molecule has 0 spiro atoms. The summed E-state index contributed by atoms with van der Waals surface area (Å²) in [6.45, 7) is 1.95. The Bertz CT molecular complexity index is 1510. The van der Waals surface area contributed by atoms with Crippen molar-refractivity contribution in [2.24, 2.45) is 0 Å². The zero-order valence-electron chi connectivity index (χ0n) is 19.1. The van der Waals surface area contributed by atoms with Crippen LogP contribution < -0.4 is 21.7 Å². The van der Waals surface area contributed by atoms with Gasteiger partial charge in [0.1, 0.15) is 0 Å². The summed E-state index contributed by atoms with van der Waals surface area (Å²) in [5, 5.41) is 10.6. The van der Waals surface area contributed by atoms with E-state index in [1.54, 1.807) is 18.5 Å². The van der Waals surface area contributed by atoms with Gasteiger partial charge in [-0.25, -0.2) is 0 Å². The molecule has 1 amide bonds. The van der Waals surface area contributed by atoms with E-state index >= 15 is 0 Å². The van der Waals surface area contributed by atoms with Gasteiger partial charge in [-0.3, -0.25) is 14.8 Å². The molecule has 3 aromatic carbocycles. The van der Waals surface area contributed by atoms with Gasteiger partial charge in [0.05, 0.1) is 5.52 Å². The second-order valence-electron chi connectivity index (χ2n) is 8.18. The van der Waals surface area contributed by atoms with Gasteiger partial charge in [-0.05, 0) is 85.8 Å². The second-order valence-corrected chi connectivity index (χ2v) is 8.18. The summed E-state index contributed by atoms with van der Waals surface area (Å²) < 4.78 is 0. The first-order valence-corrected chi connectivity index (χ1v) is 11.2. The van der Waals surface area contributed by atoms with Crippen molar-refractivity contribution >= 4 is 50.9 Å². The third-order valence-electron chi connectivity index (χ3n) is 5.50. The zero-order valence-corrected chi connectivity index (χ0v) is 19.1. The molecule has 2 aromatic heterocycles. The molecule has 0 aliphatic heterocycles. The van der Waals surface area contributed by atoms with Crippen LogP contribution in [0, 0.1) is 6.92 Å². The van der Waals surface area contributed by atoms with Crippen LogP contribution in [-0.4, -0.2) is 15.9 Å². The number of anilines is 6. The minimum Gasteiger partial charge on any atom is -0.399 e. The monoisotopic (exact) mass is 460 g/mol. The number of hydrogen-bond acceptors (Lipinski definition) is 6. The van der Waals surface area contributed by atoms with Gasteiger partial charge >= 0.3 is 0 Å². The fraction of sp³-hybridized carbons (Fsp3) is 0.0357. The summed E-state index contributed by atoms with van der Waals surface area (Å²) in [6, 6.07) is 26.3. The van der Waals surface area contributed by atoms with E-state index in [-0.39, 0.29) is 5.91 Å². The predicted octanol–water partition coefficient (Wildman–Crippen LogP) is 6.26. The van der Waals surface area contributed by atoms with E-state index in [4.69, 9.17) is 5.73 Å². The minimum atomic E-state index is -0.192. The number of carbonyl (C=O) groups is 1. The lowest BCUT2D eigenvalue weighted by Crippen LogP contribution is -2.12. The topological polar surface area (TPSA) is 105 Å². The Kier molecular flexibility index (Phi) is 5.96. The highest BCUT2D eigenvalue weighted by molar-refractivity contribution is 6.05. The van der Waals surface area contributed by atoms with Crippen LogP contribution >= 0.6 is 0 Å². The summed E-state index contributed by atoms with van der Waals surface area (Å²) in [7, 11) is 0. The quantitative estimate of drug-likeness (QED) is 0.223. The third-order valence-corrected chi connectivity index (χ3v) is 5.50. The highest BCUT2D eigenvalue weighted by Gasteiger charge is 2.09. The number of amides is 1. The minimum absolute atomic E-state index is 0.192. The van der Waals surface area contributed by atoms with Crippen LogP contribution in [-0.2, 0) is 0 Å². The third kappa shape index (κ3) is 5.20. The van der Waals surface area contributed by atoms with E-state index in [9.17, 15) is 4.79 Å². The van der Waals surface area contributed by atoms with Crippen molar-refractivity contribution in [2.45, 2.75) is 6.92 Å². The fourth-order valence-corrected chi connectivity index (χ4v) is 3.80. The Balaban J connectivity index is 1.28. The largest absolute Gasteiger partial charge is 0.399 e. The fourth-order valence-electron chi connectivity index (χ4n) is 3.80. The molecule has 0 bridgehead atoms. The average Bonchev–Trinajstić information content (AvgIpc) is 2.86. The molecule has 2 heterocycles. The highest BCUT2D eigenvalue weighted by atomic mass is 16.1. The average molecular weight is 461 g/mol. The Hall–Kier alpha value is -4.91. The molecule has 0 fully saturated rings. The first-order valence-electron chi connectivity index (χ1n) is 11.2. The lowest BCUT2D eigenvalue weighted by Gasteiger charge is -2.12. The number of nitrogen functional groups attached to an aromatic ring is 1. The Morgan fingerprint density at radius 2 is 1.51 bits per heavy atom. The van der Waals surface area contributed by atoms with E-state index in [0.29, 0.717) is 16.9 Å². The second kappa shape index (κ2) is 9.52. The molecule has 7 heteroatoms. The van der Waals surface area contributed by atoms with Gasteiger partial charge in [0, 0.05) is 63.2 Å². The Morgan fingerprint density at radius 3 is 2.34 bits per heavy atom. The van der Waals surface area contributed by atoms with Crippen molar-refractivity contribution < 1.29 is 4.79 Å². The molecule has 5 rings (SSSR count). The molecule has 7 nitrogen and oxygen atoms in total. The maximum Gasteiger partial charge on any atom is 0.255 e. The van der Waals surface area contributed by atoms with Crippen LogP contribution in [0.3, 0.4) is 0 Å². The first-order chi connectivity index (χ1) is 17.0. The number of rotatable bonds is 6. The van der Waals surface area contributed by atoms with Crippen LogP contribution in [0.15, 0.2) is 97.3 Å². The molecular weight excluding hydrogens is 436 g/mol. The molecule has 0 unspecified atom stereocenters. The van der Waals surface area contributed by atoms with E-state index < -0.39 is 0 Å². The lowest BCUT2D eigenvalue weighted by molar-refractivity contribution is 0.102. The van der Waals surface area contributed by atoms with Crippen LogP contribution in [0.1, 0.15) is 16.1 Å². The summed E-state index contributed by atoms with van der Waals surface area (Å²) in [6.07, 6.45) is 3.51. The van der Waals surface area contributed by atoms with Crippen molar-refractivity contribution in [1.82, 2.24) is 9.97 Å². The van der Waals surface area contributed by atoms with Crippen molar-refractivity contribution in [2.75, 3.05) is 21.7 Å². The van der Waals surface area contributed by atoms with Crippen molar-refractivity contribution in [1.29, 1.82) is 0 Å². The maximum absolute atomic E-state index is 12.9. The summed E-state index contributed by atoms with van der Waals surface area (Å²) in [5.41, 5.74) is 13.2. The Labute approximate surface area is 203 Å². The number of benzene rings is 3. The standard InChI is InChI=1S/C28H24N6O/c1-18-15-24(11-13-30-18)32-21-6-8-22(9-7-21)34-28(35)19-3-2-4-23(16-19)33-27-12-14-31-26-10-5-20(29)17-25(26)27/h2-17H,29H2,1H3,(H,30,32)(H,31,33)(H,34,35). The number of carbonyl (C=O) groups excluding carboxylic acids is 1. The highest BCUT2D eigenvalue weighted by Crippen LogP contribution is 2.27. The number of hydrogen-bond donors (Lipinski definition) is 4. The van der Waals surface area contributed by atoms with Crippen LogP contribution in [0.2, 0.25) is 0 Å². The summed E-state index contributed by atoms with van der Waals surface area (Å²) >= 11 is 0. The Morgan fingerprint density at radius 1 is 0.743 bits per heavy atom. The van der Waals surface area contributed by atoms with Crippen LogP contribution in [0.25, 0.3) is 10.9 Å². The number of nitrogens with one attached hydrogen (secondary N) is 3. The van der Waals surface area contributed by atoms with Gasteiger partial charge in [0.25, 0.3) is 5.91 Å². The molecule has 5 aromatic rings. The SMILES string of the molecule is Cc1cc(Nc2ccc(NC(=O)c3cccc(Nc4ccnc5ccc(N)cc45)c3)cc2)ccn1. The number of aromatic nitrogens is 2. The van der Waals surface area contributed by atoms with Crippen LogP contribution in [0.5, 0.6) is 0 Å². The summed E-state index contributed by atoms with van der Waals surface area (Å²) in [5.74, 6) is -0.192. The summed E-state index contributed by atoms with van der Waals surface area (Å²) in [4.78, 5) is 21.5. The zero-order chi connectivity index (χ0) is 24.2. The van der Waals surface area contributed by atoms with E-state index in [0.717, 1.165) is 39.3 Å². The maximum atomic E-state index is 12.9. The molecule has 5 N–H and O–H groups in total. The van der Waals surface area contributed by atoms with E-state index in [2.05, 4.69) is 25.9 Å². The van der Waals surface area contributed by atoms with Gasteiger partial charge < -0.3 is 21.7 Å².